The SMILES string of the molecule is Cc1cccc(Br)c1NC(=O)/C=C/c1ccc(-c2cccc(Cl)c2)o1. The highest BCUT2D eigenvalue weighted by atomic mass is 79.9. The van der Waals surface area contributed by atoms with Gasteiger partial charge in [-0.25, -0.2) is 0 Å². The molecule has 5 heteroatoms. The fraction of sp³-hybridized carbons (Fsp3) is 0.0500. The van der Waals surface area contributed by atoms with E-state index in [1.807, 2.05) is 61.5 Å². The molecule has 2 aromatic carbocycles. The maximum Gasteiger partial charge on any atom is 0.248 e. The van der Waals surface area contributed by atoms with Gasteiger partial charge in [0, 0.05) is 21.1 Å². The standard InChI is InChI=1S/C20H15BrClNO2/c1-13-4-2-7-17(21)20(13)23-19(24)11-9-16-8-10-18(25-16)14-5-3-6-15(22)12-14/h2-12H,1H3,(H,23,24)/b11-9+. The first-order valence-corrected chi connectivity index (χ1v) is 8.80. The Morgan fingerprint density at radius 2 is 1.96 bits per heavy atom. The molecule has 1 N–H and O–H groups in total. The Bertz CT molecular complexity index is 926. The highest BCUT2D eigenvalue weighted by Crippen LogP contribution is 2.27. The molecule has 1 heterocycles. The molecule has 0 spiro atoms. The summed E-state index contributed by atoms with van der Waals surface area (Å²) in [4.78, 5) is 12.1. The van der Waals surface area contributed by atoms with E-state index in [0.29, 0.717) is 16.5 Å². The van der Waals surface area contributed by atoms with Crippen LogP contribution >= 0.6 is 27.5 Å². The van der Waals surface area contributed by atoms with E-state index in [1.54, 1.807) is 6.08 Å². The average Bonchev–Trinajstić information content (AvgIpc) is 3.06. The van der Waals surface area contributed by atoms with Crippen molar-refractivity contribution in [3.8, 4) is 11.3 Å². The summed E-state index contributed by atoms with van der Waals surface area (Å²) in [7, 11) is 0. The summed E-state index contributed by atoms with van der Waals surface area (Å²) in [5.41, 5.74) is 2.63. The fourth-order valence-electron chi connectivity index (χ4n) is 2.35. The molecular formula is C20H15BrClNO2. The third-order valence-electron chi connectivity index (χ3n) is 3.61. The van der Waals surface area contributed by atoms with E-state index in [4.69, 9.17) is 16.0 Å². The lowest BCUT2D eigenvalue weighted by Gasteiger charge is -2.08. The molecule has 0 bridgehead atoms. The van der Waals surface area contributed by atoms with E-state index in [9.17, 15) is 4.79 Å². The van der Waals surface area contributed by atoms with E-state index in [-0.39, 0.29) is 5.91 Å². The van der Waals surface area contributed by atoms with Crippen LogP contribution in [0, 0.1) is 6.92 Å². The zero-order valence-electron chi connectivity index (χ0n) is 13.4. The van der Waals surface area contributed by atoms with Gasteiger partial charge in [-0.1, -0.05) is 35.9 Å². The van der Waals surface area contributed by atoms with Crippen molar-refractivity contribution in [3.05, 3.63) is 81.5 Å². The van der Waals surface area contributed by atoms with Crippen molar-refractivity contribution < 1.29 is 9.21 Å². The molecule has 1 aromatic heterocycles. The molecule has 0 atom stereocenters. The maximum atomic E-state index is 12.1. The molecule has 0 aliphatic rings. The van der Waals surface area contributed by atoms with E-state index < -0.39 is 0 Å². The molecule has 25 heavy (non-hydrogen) atoms. The Balaban J connectivity index is 1.71. The molecule has 3 nitrogen and oxygen atoms in total. The number of nitrogens with one attached hydrogen (secondary N) is 1. The smallest absolute Gasteiger partial charge is 0.248 e. The Morgan fingerprint density at radius 3 is 2.72 bits per heavy atom. The number of halogens is 2. The summed E-state index contributed by atoms with van der Waals surface area (Å²) in [5.74, 6) is 1.06. The average molecular weight is 417 g/mol. The summed E-state index contributed by atoms with van der Waals surface area (Å²) in [5, 5.41) is 3.51. The molecular weight excluding hydrogens is 402 g/mol. The highest BCUT2D eigenvalue weighted by molar-refractivity contribution is 9.10. The molecule has 0 unspecified atom stereocenters. The van der Waals surface area contributed by atoms with Gasteiger partial charge in [0.15, 0.2) is 0 Å². The molecule has 0 saturated heterocycles. The monoisotopic (exact) mass is 415 g/mol. The van der Waals surface area contributed by atoms with Crippen LogP contribution in [0.15, 0.2) is 69.6 Å². The molecule has 3 aromatic rings. The van der Waals surface area contributed by atoms with Crippen molar-refractivity contribution in [1.82, 2.24) is 0 Å². The molecule has 1 amide bonds. The van der Waals surface area contributed by atoms with Gasteiger partial charge in [0.2, 0.25) is 5.91 Å². The number of aryl methyl sites for hydroxylation is 1. The topological polar surface area (TPSA) is 42.2 Å². The van der Waals surface area contributed by atoms with E-state index >= 15 is 0 Å². The quantitative estimate of drug-likeness (QED) is 0.505. The van der Waals surface area contributed by atoms with Crippen molar-refractivity contribution in [3.63, 3.8) is 0 Å². The molecule has 0 aliphatic heterocycles. The number of hydrogen-bond donors (Lipinski definition) is 1. The summed E-state index contributed by atoms with van der Waals surface area (Å²) < 4.78 is 6.58. The summed E-state index contributed by atoms with van der Waals surface area (Å²) in [6.07, 6.45) is 3.08. The molecule has 126 valence electrons. The van der Waals surface area contributed by atoms with Crippen molar-refractivity contribution in [2.45, 2.75) is 6.92 Å². The predicted molar refractivity (Wildman–Crippen MR) is 106 cm³/mol. The number of carbonyl (C=O) groups excluding carboxylic acids is 1. The highest BCUT2D eigenvalue weighted by Gasteiger charge is 2.07. The van der Waals surface area contributed by atoms with Crippen LogP contribution in [0.5, 0.6) is 0 Å². The van der Waals surface area contributed by atoms with Crippen LogP contribution in [0.25, 0.3) is 17.4 Å². The Labute approximate surface area is 159 Å². The van der Waals surface area contributed by atoms with Gasteiger partial charge in [-0.3, -0.25) is 4.79 Å². The third-order valence-corrected chi connectivity index (χ3v) is 4.50. The van der Waals surface area contributed by atoms with Crippen molar-refractivity contribution >= 4 is 45.2 Å². The number of furan rings is 1. The first-order chi connectivity index (χ1) is 12.0. The fourth-order valence-corrected chi connectivity index (χ4v) is 3.11. The van der Waals surface area contributed by atoms with Gasteiger partial charge in [0.1, 0.15) is 11.5 Å². The Morgan fingerprint density at radius 1 is 1.16 bits per heavy atom. The van der Waals surface area contributed by atoms with E-state index in [2.05, 4.69) is 21.2 Å². The van der Waals surface area contributed by atoms with Gasteiger partial charge in [-0.05, 0) is 64.8 Å². The van der Waals surface area contributed by atoms with Gasteiger partial charge in [0.25, 0.3) is 0 Å². The molecule has 3 rings (SSSR count). The van der Waals surface area contributed by atoms with Crippen molar-refractivity contribution in [2.24, 2.45) is 0 Å². The van der Waals surface area contributed by atoms with Gasteiger partial charge in [-0.2, -0.15) is 0 Å². The first-order valence-electron chi connectivity index (χ1n) is 7.63. The lowest BCUT2D eigenvalue weighted by molar-refractivity contribution is -0.111. The number of hydrogen-bond acceptors (Lipinski definition) is 2. The lowest BCUT2D eigenvalue weighted by atomic mass is 10.2. The lowest BCUT2D eigenvalue weighted by Crippen LogP contribution is -2.09. The summed E-state index contributed by atoms with van der Waals surface area (Å²) in [6.45, 7) is 1.94. The second-order valence-electron chi connectivity index (χ2n) is 5.47. The molecule has 0 radical (unpaired) electrons. The van der Waals surface area contributed by atoms with Crippen LogP contribution in [0.4, 0.5) is 5.69 Å². The van der Waals surface area contributed by atoms with Crippen LogP contribution < -0.4 is 5.32 Å². The maximum absolute atomic E-state index is 12.1. The largest absolute Gasteiger partial charge is 0.457 e. The number of benzene rings is 2. The van der Waals surface area contributed by atoms with Gasteiger partial charge in [-0.15, -0.1) is 0 Å². The number of anilines is 1. The first kappa shape index (κ1) is 17.5. The second-order valence-corrected chi connectivity index (χ2v) is 6.76. The number of rotatable bonds is 4. The van der Waals surface area contributed by atoms with Crippen molar-refractivity contribution in [1.29, 1.82) is 0 Å². The number of amides is 1. The molecule has 0 aliphatic carbocycles. The number of para-hydroxylation sites is 1. The zero-order chi connectivity index (χ0) is 17.8. The minimum absolute atomic E-state index is 0.226. The Hall–Kier alpha value is -2.30. The van der Waals surface area contributed by atoms with Crippen molar-refractivity contribution in [2.75, 3.05) is 5.32 Å². The summed E-state index contributed by atoms with van der Waals surface area (Å²) >= 11 is 9.43. The van der Waals surface area contributed by atoms with E-state index in [1.165, 1.54) is 6.08 Å². The zero-order valence-corrected chi connectivity index (χ0v) is 15.8. The molecule has 0 fully saturated rings. The van der Waals surface area contributed by atoms with E-state index in [0.717, 1.165) is 21.3 Å². The van der Waals surface area contributed by atoms with Gasteiger partial charge >= 0.3 is 0 Å². The van der Waals surface area contributed by atoms with Crippen LogP contribution in [-0.2, 0) is 4.79 Å². The van der Waals surface area contributed by atoms with Gasteiger partial charge < -0.3 is 9.73 Å². The number of carbonyl (C=O) groups is 1. The third kappa shape index (κ3) is 4.41. The van der Waals surface area contributed by atoms with Gasteiger partial charge in [0.05, 0.1) is 5.69 Å². The second kappa shape index (κ2) is 7.72. The Kier molecular flexibility index (Phi) is 5.41. The summed E-state index contributed by atoms with van der Waals surface area (Å²) in [6, 6.07) is 16.8. The predicted octanol–water partition coefficient (Wildman–Crippen LogP) is 6.32. The van der Waals surface area contributed by atoms with Crippen LogP contribution in [-0.4, -0.2) is 5.91 Å². The van der Waals surface area contributed by atoms with Crippen LogP contribution in [0.2, 0.25) is 5.02 Å². The minimum atomic E-state index is -0.226. The molecule has 0 saturated carbocycles. The minimum Gasteiger partial charge on any atom is -0.457 e. The normalized spacial score (nSPS) is 11.0. The van der Waals surface area contributed by atoms with Crippen LogP contribution in [0.3, 0.4) is 0 Å². The van der Waals surface area contributed by atoms with Crippen LogP contribution in [0.1, 0.15) is 11.3 Å².